The highest BCUT2D eigenvalue weighted by Gasteiger charge is 2.18. The van der Waals surface area contributed by atoms with Gasteiger partial charge in [-0.05, 0) is 59.8 Å². The zero-order valence-corrected chi connectivity index (χ0v) is 27.4. The van der Waals surface area contributed by atoms with Crippen LogP contribution in [-0.4, -0.2) is 52.9 Å². The number of rotatable bonds is 11. The molecule has 0 aliphatic carbocycles. The zero-order valence-electron chi connectivity index (χ0n) is 27.4. The molecule has 0 saturated heterocycles. The smallest absolute Gasteiger partial charge is 0.354 e. The third kappa shape index (κ3) is 11.0. The van der Waals surface area contributed by atoms with E-state index in [0.717, 1.165) is 41.8 Å². The van der Waals surface area contributed by atoms with Crippen molar-refractivity contribution in [3.05, 3.63) is 88.1 Å². The summed E-state index contributed by atoms with van der Waals surface area (Å²) in [6.07, 6.45) is 1.61. The first-order chi connectivity index (χ1) is 21.2. The highest BCUT2D eigenvalue weighted by Crippen LogP contribution is 2.26. The van der Waals surface area contributed by atoms with Gasteiger partial charge in [0.15, 0.2) is 5.96 Å². The molecule has 0 bridgehead atoms. The number of nitrogens with two attached hydrogens (primary N) is 3. The molecule has 8 N–H and O–H groups in total. The molecule has 4 rings (SSSR count). The molecule has 2 aromatic heterocycles. The number of aliphatic imine (C=N–C) groups is 1. The molecule has 0 saturated carbocycles. The minimum atomic E-state index is -1.10. The maximum atomic E-state index is 12.9. The van der Waals surface area contributed by atoms with E-state index in [-0.39, 0.29) is 35.6 Å². The molecule has 0 radical (unpaired) electrons. The van der Waals surface area contributed by atoms with Crippen LogP contribution in [0.1, 0.15) is 64.8 Å². The van der Waals surface area contributed by atoms with Gasteiger partial charge >= 0.3 is 5.69 Å². The number of ether oxygens (including phenoxy) is 1. The molecular weight excluding hydrogens is 571 g/mol. The summed E-state index contributed by atoms with van der Waals surface area (Å²) < 4.78 is 19.8. The number of hydrogen-bond donors (Lipinski definition) is 5. The molecule has 0 amide bonds. The van der Waals surface area contributed by atoms with Crippen molar-refractivity contribution in [1.29, 1.82) is 0 Å². The summed E-state index contributed by atoms with van der Waals surface area (Å²) >= 11 is 0. The number of benzene rings is 2. The second-order valence-electron chi connectivity index (χ2n) is 13.1. The SMILES string of the molecule is CC(C)(C)c1cc2cn(-c3ccc(CNCCCN=C(N)N)cc3)c(=O)nc2[nH]1.CC(C)(C)c1cccc(OC[C@H](F)CN)c1. The van der Waals surface area contributed by atoms with E-state index in [1.165, 1.54) is 5.56 Å². The molecular formula is C34H49FN8O2. The van der Waals surface area contributed by atoms with Gasteiger partial charge in [-0.25, -0.2) is 9.18 Å². The van der Waals surface area contributed by atoms with Crippen molar-refractivity contribution >= 4 is 17.0 Å². The minimum Gasteiger partial charge on any atom is -0.491 e. The second kappa shape index (κ2) is 15.7. The van der Waals surface area contributed by atoms with E-state index in [9.17, 15) is 9.18 Å². The number of nitrogens with one attached hydrogen (secondary N) is 2. The van der Waals surface area contributed by atoms with Crippen LogP contribution in [0.25, 0.3) is 16.7 Å². The van der Waals surface area contributed by atoms with E-state index in [0.29, 0.717) is 17.9 Å². The van der Waals surface area contributed by atoms with Crippen molar-refractivity contribution in [3.63, 3.8) is 0 Å². The molecule has 10 nitrogen and oxygen atoms in total. The van der Waals surface area contributed by atoms with Crippen LogP contribution in [0.15, 0.2) is 70.6 Å². The van der Waals surface area contributed by atoms with Crippen LogP contribution in [0.4, 0.5) is 4.39 Å². The number of guanidine groups is 1. The van der Waals surface area contributed by atoms with Crippen LogP contribution in [0, 0.1) is 0 Å². The summed E-state index contributed by atoms with van der Waals surface area (Å²) in [6, 6.07) is 17.7. The third-order valence-electron chi connectivity index (χ3n) is 7.05. The van der Waals surface area contributed by atoms with E-state index in [2.05, 4.69) is 67.9 Å². The summed E-state index contributed by atoms with van der Waals surface area (Å²) in [5.41, 5.74) is 20.3. The Morgan fingerprint density at radius 2 is 1.78 bits per heavy atom. The van der Waals surface area contributed by atoms with Gasteiger partial charge in [0.25, 0.3) is 0 Å². The topological polar surface area (TPSA) is 162 Å². The molecule has 11 heteroatoms. The van der Waals surface area contributed by atoms with Crippen LogP contribution < -0.4 is 32.9 Å². The van der Waals surface area contributed by atoms with E-state index in [1.54, 1.807) is 4.57 Å². The lowest BCUT2D eigenvalue weighted by Crippen LogP contribution is -2.23. The van der Waals surface area contributed by atoms with Gasteiger partial charge in [0.1, 0.15) is 24.2 Å². The van der Waals surface area contributed by atoms with Gasteiger partial charge in [0.2, 0.25) is 0 Å². The number of halogens is 1. The first-order valence-corrected chi connectivity index (χ1v) is 15.2. The summed E-state index contributed by atoms with van der Waals surface area (Å²) in [5.74, 6) is 0.821. The zero-order chi connectivity index (χ0) is 33.2. The molecule has 0 fully saturated rings. The van der Waals surface area contributed by atoms with Gasteiger partial charge in [-0.2, -0.15) is 4.98 Å². The van der Waals surface area contributed by atoms with Crippen LogP contribution in [0.5, 0.6) is 5.75 Å². The molecule has 45 heavy (non-hydrogen) atoms. The Hall–Kier alpha value is -4.22. The van der Waals surface area contributed by atoms with Crippen molar-refractivity contribution in [2.75, 3.05) is 26.2 Å². The average molecular weight is 621 g/mol. The van der Waals surface area contributed by atoms with Gasteiger partial charge < -0.3 is 32.2 Å². The first-order valence-electron chi connectivity index (χ1n) is 15.2. The standard InChI is InChI=1S/C21H29N7O.C13H20FNO/c1-21(2,3)17-11-15-13-28(20(29)27-18(15)26-17)16-7-5-14(6-8-16)12-24-9-4-10-25-19(22)23;1-13(2,3)10-5-4-6-12(7-10)16-9-11(14)8-15/h5-8,11,13,24H,4,9-10,12H2,1-3H3,(H4,22,23,25)(H,26,27,29);4-7,11H,8-9,15H2,1-3H3/t;11-/m.1/s1. The Balaban J connectivity index is 0.000000292. The first kappa shape index (κ1) is 35.3. The number of H-pyrrole nitrogens is 1. The number of fused-ring (bicyclic) bond motifs is 1. The lowest BCUT2D eigenvalue weighted by molar-refractivity contribution is 0.201. The predicted octanol–water partition coefficient (Wildman–Crippen LogP) is 4.42. The third-order valence-corrected chi connectivity index (χ3v) is 7.05. The van der Waals surface area contributed by atoms with E-state index >= 15 is 0 Å². The van der Waals surface area contributed by atoms with Crippen LogP contribution in [0.3, 0.4) is 0 Å². The van der Waals surface area contributed by atoms with Crippen LogP contribution in [-0.2, 0) is 17.4 Å². The minimum absolute atomic E-state index is 0.00103. The maximum Gasteiger partial charge on any atom is 0.354 e. The summed E-state index contributed by atoms with van der Waals surface area (Å²) in [5, 5.41) is 4.27. The molecule has 0 aliphatic heterocycles. The van der Waals surface area contributed by atoms with Gasteiger partial charge in [0.05, 0.1) is 5.69 Å². The van der Waals surface area contributed by atoms with E-state index < -0.39 is 6.17 Å². The Bertz CT molecular complexity index is 1590. The lowest BCUT2D eigenvalue weighted by atomic mass is 9.87. The summed E-state index contributed by atoms with van der Waals surface area (Å²) in [7, 11) is 0. The van der Waals surface area contributed by atoms with Crippen molar-refractivity contribution < 1.29 is 9.13 Å². The fraction of sp³-hybridized carbons (Fsp3) is 0.441. The number of aromatic nitrogens is 3. The monoisotopic (exact) mass is 620 g/mol. The fourth-order valence-corrected chi connectivity index (χ4v) is 4.31. The van der Waals surface area contributed by atoms with Crippen LogP contribution >= 0.6 is 0 Å². The van der Waals surface area contributed by atoms with Gasteiger partial charge in [-0.15, -0.1) is 0 Å². The number of hydrogen-bond acceptors (Lipinski definition) is 6. The second-order valence-corrected chi connectivity index (χ2v) is 13.1. The van der Waals surface area contributed by atoms with Crippen molar-refractivity contribution in [2.24, 2.45) is 22.2 Å². The number of aromatic amines is 1. The lowest BCUT2D eigenvalue weighted by Gasteiger charge is -2.20. The Morgan fingerprint density at radius 1 is 1.07 bits per heavy atom. The normalized spacial score (nSPS) is 12.4. The molecule has 1 atom stereocenters. The quantitative estimate of drug-likeness (QED) is 0.0941. The van der Waals surface area contributed by atoms with Crippen molar-refractivity contribution in [3.8, 4) is 11.4 Å². The Labute approximate surface area is 265 Å². The maximum absolute atomic E-state index is 12.9. The van der Waals surface area contributed by atoms with Gasteiger partial charge in [-0.1, -0.05) is 65.8 Å². The molecule has 4 aromatic rings. The van der Waals surface area contributed by atoms with Crippen molar-refractivity contribution in [2.45, 2.75) is 71.5 Å². The number of nitrogens with zero attached hydrogens (tertiary/aromatic N) is 3. The highest BCUT2D eigenvalue weighted by molar-refractivity contribution is 5.76. The fourth-order valence-electron chi connectivity index (χ4n) is 4.31. The molecule has 0 aliphatic rings. The van der Waals surface area contributed by atoms with Gasteiger partial charge in [-0.3, -0.25) is 9.56 Å². The molecule has 0 unspecified atom stereocenters. The van der Waals surface area contributed by atoms with Crippen LogP contribution in [0.2, 0.25) is 0 Å². The summed E-state index contributed by atoms with van der Waals surface area (Å²) in [4.78, 5) is 23.9. The van der Waals surface area contributed by atoms with Gasteiger partial charge in [0, 0.05) is 42.3 Å². The predicted molar refractivity (Wildman–Crippen MR) is 182 cm³/mol. The molecule has 244 valence electrons. The average Bonchev–Trinajstić information content (AvgIpc) is 3.41. The largest absolute Gasteiger partial charge is 0.491 e. The van der Waals surface area contributed by atoms with E-state index in [1.807, 2.05) is 54.7 Å². The van der Waals surface area contributed by atoms with E-state index in [4.69, 9.17) is 21.9 Å². The molecule has 0 spiro atoms. The Morgan fingerprint density at radius 3 is 2.40 bits per heavy atom. The Kier molecular flexibility index (Phi) is 12.3. The number of alkyl halides is 1. The molecule has 2 aromatic carbocycles. The summed E-state index contributed by atoms with van der Waals surface area (Å²) in [6.45, 7) is 14.9. The highest BCUT2D eigenvalue weighted by atomic mass is 19.1. The molecule has 2 heterocycles. The van der Waals surface area contributed by atoms with Crippen molar-refractivity contribution in [1.82, 2.24) is 19.9 Å².